The van der Waals surface area contributed by atoms with E-state index < -0.39 is 0 Å². The number of benzene rings is 2. The third kappa shape index (κ3) is 3.12. The summed E-state index contributed by atoms with van der Waals surface area (Å²) >= 11 is 11.9. The Morgan fingerprint density at radius 3 is 2.50 bits per heavy atom. The van der Waals surface area contributed by atoms with Crippen molar-refractivity contribution < 1.29 is 0 Å². The zero-order valence-electron chi connectivity index (χ0n) is 10.2. The smallest absolute Gasteiger partial charge is 0.0661 e. The summed E-state index contributed by atoms with van der Waals surface area (Å²) in [5.41, 5.74) is 4.15. The minimum atomic E-state index is 0.608. The molecule has 0 bridgehead atoms. The summed E-state index contributed by atoms with van der Waals surface area (Å²) in [6.07, 6.45) is 1.76. The highest BCUT2D eigenvalue weighted by molar-refractivity contribution is 6.36. The van der Waals surface area contributed by atoms with Crippen LogP contribution in [0, 0.1) is 13.8 Å². The maximum Gasteiger partial charge on any atom is 0.0661 e. The molecule has 0 amide bonds. The highest BCUT2D eigenvalue weighted by atomic mass is 35.5. The lowest BCUT2D eigenvalue weighted by atomic mass is 10.1. The average Bonchev–Trinajstić information content (AvgIpc) is 2.32. The van der Waals surface area contributed by atoms with Gasteiger partial charge in [0.15, 0.2) is 0 Å². The molecule has 0 fully saturated rings. The second-order valence-corrected chi connectivity index (χ2v) is 5.06. The molecule has 2 rings (SSSR count). The van der Waals surface area contributed by atoms with Gasteiger partial charge in [-0.3, -0.25) is 4.99 Å². The van der Waals surface area contributed by atoms with Crippen molar-refractivity contribution in [3.63, 3.8) is 0 Å². The summed E-state index contributed by atoms with van der Waals surface area (Å²) in [5.74, 6) is 0. The molecule has 0 aliphatic heterocycles. The fourth-order valence-electron chi connectivity index (χ4n) is 1.60. The first kappa shape index (κ1) is 13.1. The number of aryl methyl sites for hydroxylation is 2. The van der Waals surface area contributed by atoms with Crippen molar-refractivity contribution in [1.29, 1.82) is 0 Å². The Bertz CT molecular complexity index is 603. The summed E-state index contributed by atoms with van der Waals surface area (Å²) in [6, 6.07) is 11.6. The van der Waals surface area contributed by atoms with E-state index >= 15 is 0 Å². The predicted molar refractivity (Wildman–Crippen MR) is 79.6 cm³/mol. The lowest BCUT2D eigenvalue weighted by molar-refractivity contribution is 1.35. The van der Waals surface area contributed by atoms with Crippen LogP contribution >= 0.6 is 23.2 Å². The standard InChI is InChI=1S/C15H13Cl2N/c1-10-3-4-11(2)15(7-10)18-9-12-5-6-13(16)8-14(12)17/h3-9H,1-2H3. The van der Waals surface area contributed by atoms with E-state index in [4.69, 9.17) is 23.2 Å². The lowest BCUT2D eigenvalue weighted by Crippen LogP contribution is -1.84. The van der Waals surface area contributed by atoms with Crippen LogP contribution in [0.15, 0.2) is 41.4 Å². The molecule has 0 aromatic heterocycles. The van der Waals surface area contributed by atoms with Gasteiger partial charge in [-0.1, -0.05) is 41.4 Å². The van der Waals surface area contributed by atoms with E-state index in [2.05, 4.69) is 23.2 Å². The van der Waals surface area contributed by atoms with Gasteiger partial charge in [-0.2, -0.15) is 0 Å². The third-order valence-electron chi connectivity index (χ3n) is 2.67. The molecule has 2 aromatic carbocycles. The Labute approximate surface area is 117 Å². The molecule has 0 saturated carbocycles. The Kier molecular flexibility index (Phi) is 4.05. The van der Waals surface area contributed by atoms with Gasteiger partial charge in [0.05, 0.1) is 10.7 Å². The predicted octanol–water partition coefficient (Wildman–Crippen LogP) is 5.36. The van der Waals surface area contributed by atoms with Crippen molar-refractivity contribution in [2.24, 2.45) is 4.99 Å². The van der Waals surface area contributed by atoms with Gasteiger partial charge in [-0.15, -0.1) is 0 Å². The number of hydrogen-bond acceptors (Lipinski definition) is 1. The summed E-state index contributed by atoms with van der Waals surface area (Å²) in [4.78, 5) is 4.47. The quantitative estimate of drug-likeness (QED) is 0.655. The molecule has 0 spiro atoms. The van der Waals surface area contributed by atoms with Crippen molar-refractivity contribution in [3.05, 3.63) is 63.1 Å². The number of nitrogens with zero attached hydrogens (tertiary/aromatic N) is 1. The first-order valence-electron chi connectivity index (χ1n) is 5.62. The van der Waals surface area contributed by atoms with Crippen LogP contribution < -0.4 is 0 Å². The molecule has 0 N–H and O–H groups in total. The second-order valence-electron chi connectivity index (χ2n) is 4.21. The Morgan fingerprint density at radius 2 is 1.78 bits per heavy atom. The number of halogens is 2. The van der Waals surface area contributed by atoms with E-state index in [9.17, 15) is 0 Å². The van der Waals surface area contributed by atoms with E-state index in [-0.39, 0.29) is 0 Å². The van der Waals surface area contributed by atoms with E-state index in [0.717, 1.165) is 16.8 Å². The van der Waals surface area contributed by atoms with Crippen molar-refractivity contribution in [1.82, 2.24) is 0 Å². The van der Waals surface area contributed by atoms with Gasteiger partial charge < -0.3 is 0 Å². The van der Waals surface area contributed by atoms with Crippen LogP contribution in [0.25, 0.3) is 0 Å². The summed E-state index contributed by atoms with van der Waals surface area (Å²) in [6.45, 7) is 4.09. The van der Waals surface area contributed by atoms with Gasteiger partial charge >= 0.3 is 0 Å². The van der Waals surface area contributed by atoms with E-state index in [1.807, 2.05) is 19.9 Å². The monoisotopic (exact) mass is 277 g/mol. The minimum absolute atomic E-state index is 0.608. The molecule has 2 aromatic rings. The molecule has 1 nitrogen and oxygen atoms in total. The Hall–Kier alpha value is -1.31. The van der Waals surface area contributed by atoms with Crippen LogP contribution in [-0.4, -0.2) is 6.21 Å². The molecule has 0 heterocycles. The first-order chi connectivity index (χ1) is 8.56. The van der Waals surface area contributed by atoms with Crippen LogP contribution in [0.2, 0.25) is 10.0 Å². The van der Waals surface area contributed by atoms with Gasteiger partial charge in [0.25, 0.3) is 0 Å². The van der Waals surface area contributed by atoms with Crippen LogP contribution in [0.3, 0.4) is 0 Å². The third-order valence-corrected chi connectivity index (χ3v) is 3.23. The Balaban J connectivity index is 2.32. The van der Waals surface area contributed by atoms with Gasteiger partial charge in [0.1, 0.15) is 0 Å². The molecule has 0 radical (unpaired) electrons. The van der Waals surface area contributed by atoms with E-state index in [1.165, 1.54) is 5.56 Å². The summed E-state index contributed by atoms with van der Waals surface area (Å²) in [7, 11) is 0. The van der Waals surface area contributed by atoms with Gasteiger partial charge in [0.2, 0.25) is 0 Å². The zero-order chi connectivity index (χ0) is 13.1. The molecule has 92 valence electrons. The molecule has 0 aliphatic carbocycles. The zero-order valence-corrected chi connectivity index (χ0v) is 11.8. The largest absolute Gasteiger partial charge is 0.256 e. The van der Waals surface area contributed by atoms with Crippen molar-refractivity contribution in [3.8, 4) is 0 Å². The fraction of sp³-hybridized carbons (Fsp3) is 0.133. The summed E-state index contributed by atoms with van der Waals surface area (Å²) < 4.78 is 0. The molecule has 3 heteroatoms. The molecule has 18 heavy (non-hydrogen) atoms. The van der Waals surface area contributed by atoms with Gasteiger partial charge in [-0.25, -0.2) is 0 Å². The molecule has 0 saturated heterocycles. The van der Waals surface area contributed by atoms with E-state index in [0.29, 0.717) is 10.0 Å². The SMILES string of the molecule is Cc1ccc(C)c(N=Cc2ccc(Cl)cc2Cl)c1. The fourth-order valence-corrected chi connectivity index (χ4v) is 2.06. The normalized spacial score (nSPS) is 11.1. The van der Waals surface area contributed by atoms with Crippen LogP contribution in [0.1, 0.15) is 16.7 Å². The number of aliphatic imine (C=N–C) groups is 1. The van der Waals surface area contributed by atoms with Crippen molar-refractivity contribution in [2.45, 2.75) is 13.8 Å². The lowest BCUT2D eigenvalue weighted by Gasteiger charge is -2.02. The van der Waals surface area contributed by atoms with Crippen molar-refractivity contribution in [2.75, 3.05) is 0 Å². The molecule has 0 unspecified atom stereocenters. The molecule has 0 atom stereocenters. The van der Waals surface area contributed by atoms with Crippen LogP contribution in [-0.2, 0) is 0 Å². The average molecular weight is 278 g/mol. The molecular formula is C15H13Cl2N. The second kappa shape index (κ2) is 5.55. The topological polar surface area (TPSA) is 12.4 Å². The maximum atomic E-state index is 6.09. The molecule has 0 aliphatic rings. The summed E-state index contributed by atoms with van der Waals surface area (Å²) in [5, 5.41) is 1.24. The van der Waals surface area contributed by atoms with Gasteiger partial charge in [0, 0.05) is 16.8 Å². The van der Waals surface area contributed by atoms with Gasteiger partial charge in [-0.05, 0) is 43.2 Å². The Morgan fingerprint density at radius 1 is 1.00 bits per heavy atom. The minimum Gasteiger partial charge on any atom is -0.256 e. The number of rotatable bonds is 2. The number of hydrogen-bond donors (Lipinski definition) is 0. The molecular weight excluding hydrogens is 265 g/mol. The van der Waals surface area contributed by atoms with Crippen LogP contribution in [0.5, 0.6) is 0 Å². The van der Waals surface area contributed by atoms with Crippen molar-refractivity contribution >= 4 is 35.1 Å². The highest BCUT2D eigenvalue weighted by Gasteiger charge is 1.99. The van der Waals surface area contributed by atoms with Crippen LogP contribution in [0.4, 0.5) is 5.69 Å². The maximum absolute atomic E-state index is 6.09. The highest BCUT2D eigenvalue weighted by Crippen LogP contribution is 2.22. The first-order valence-corrected chi connectivity index (χ1v) is 6.38. The van der Waals surface area contributed by atoms with E-state index in [1.54, 1.807) is 18.3 Å².